The monoisotopic (exact) mass is 495 g/mol. The van der Waals surface area contributed by atoms with Gasteiger partial charge in [-0.3, -0.25) is 4.79 Å². The number of carbonyl (C=O) groups is 1. The van der Waals surface area contributed by atoms with Crippen molar-refractivity contribution in [1.82, 2.24) is 4.57 Å². The third-order valence-corrected chi connectivity index (χ3v) is 8.53. The molecule has 0 saturated heterocycles. The summed E-state index contributed by atoms with van der Waals surface area (Å²) in [6, 6.07) is 1.91. The third-order valence-electron chi connectivity index (χ3n) is 8.53. The van der Waals surface area contributed by atoms with Crippen LogP contribution in [-0.4, -0.2) is 22.2 Å². The van der Waals surface area contributed by atoms with Crippen LogP contribution in [0.1, 0.15) is 118 Å². The number of hydrogen-bond acceptors (Lipinski definition) is 3. The summed E-state index contributed by atoms with van der Waals surface area (Å²) in [7, 11) is 0. The minimum absolute atomic E-state index is 0.185. The van der Waals surface area contributed by atoms with Gasteiger partial charge < -0.3 is 14.4 Å². The van der Waals surface area contributed by atoms with Gasteiger partial charge >= 0.3 is 5.97 Å². The molecule has 6 heteroatoms. The third kappa shape index (κ3) is 4.37. The number of aromatic carboxylic acids is 1. The first kappa shape index (κ1) is 25.0. The summed E-state index contributed by atoms with van der Waals surface area (Å²) in [5.74, 6) is -1.00. The van der Waals surface area contributed by atoms with E-state index < -0.39 is 22.8 Å². The fraction of sp³-hybridized carbons (Fsp3) is 0.600. The molecular formula is C30H38FNO4. The highest BCUT2D eigenvalue weighted by molar-refractivity contribution is 5.88. The lowest BCUT2D eigenvalue weighted by Gasteiger charge is -2.41. The predicted molar refractivity (Wildman–Crippen MR) is 139 cm³/mol. The summed E-state index contributed by atoms with van der Waals surface area (Å²) < 4.78 is 24.0. The van der Waals surface area contributed by atoms with Crippen LogP contribution in [0.25, 0.3) is 11.3 Å². The number of halogens is 1. The van der Waals surface area contributed by atoms with E-state index in [1.165, 1.54) is 50.3 Å². The molecule has 2 aliphatic heterocycles. The predicted octanol–water partition coefficient (Wildman–Crippen LogP) is 7.04. The maximum absolute atomic E-state index is 15.9. The molecule has 5 rings (SSSR count). The van der Waals surface area contributed by atoms with Crippen LogP contribution in [0.15, 0.2) is 17.1 Å². The van der Waals surface area contributed by atoms with Gasteiger partial charge in [0, 0.05) is 17.8 Å². The maximum atomic E-state index is 15.9. The van der Waals surface area contributed by atoms with Gasteiger partial charge in [-0.1, -0.05) is 59.3 Å². The van der Waals surface area contributed by atoms with E-state index in [4.69, 9.17) is 4.74 Å². The average Bonchev–Trinajstić information content (AvgIpc) is 2.98. The Morgan fingerprint density at radius 3 is 2.36 bits per heavy atom. The van der Waals surface area contributed by atoms with Crippen molar-refractivity contribution in [2.24, 2.45) is 5.41 Å². The van der Waals surface area contributed by atoms with Crippen molar-refractivity contribution in [1.29, 1.82) is 0 Å². The van der Waals surface area contributed by atoms with Gasteiger partial charge in [-0.2, -0.15) is 0 Å². The number of ether oxygens (including phenoxy) is 1. The number of carboxylic acids is 1. The van der Waals surface area contributed by atoms with E-state index in [-0.39, 0.29) is 17.2 Å². The topological polar surface area (TPSA) is 68.5 Å². The fourth-order valence-corrected chi connectivity index (χ4v) is 6.60. The zero-order valence-corrected chi connectivity index (χ0v) is 21.8. The molecule has 3 aliphatic rings. The molecule has 1 fully saturated rings. The fourth-order valence-electron chi connectivity index (χ4n) is 6.60. The van der Waals surface area contributed by atoms with Crippen LogP contribution < -0.4 is 10.2 Å². The molecule has 1 aromatic carbocycles. The van der Waals surface area contributed by atoms with Gasteiger partial charge in [0.15, 0.2) is 5.82 Å². The Morgan fingerprint density at radius 1 is 1.06 bits per heavy atom. The Balaban J connectivity index is 1.77. The summed E-state index contributed by atoms with van der Waals surface area (Å²) in [4.78, 5) is 24.7. The van der Waals surface area contributed by atoms with E-state index >= 15 is 4.39 Å². The number of benzene rings is 1. The standard InChI is InChI=1S/C30H38FNO4/c1-30(2,3)24-16-21-19-13-10-14-36-28(19)20(18-11-8-6-4-5-7-9-12-18)15-22(21)26-25(31)27(33)23(29(34)35)17-32(24)26/h15,17-18,24H,4-14,16H2,1-3H3,(H,34,35)/t24-/m0/s1. The molecule has 1 N–H and O–H groups in total. The van der Waals surface area contributed by atoms with E-state index in [0.717, 1.165) is 48.1 Å². The normalized spacial score (nSPS) is 20.7. The zero-order valence-electron chi connectivity index (χ0n) is 21.8. The minimum Gasteiger partial charge on any atom is -0.493 e. The quantitative estimate of drug-likeness (QED) is 0.485. The summed E-state index contributed by atoms with van der Waals surface area (Å²) in [5.41, 5.74) is 2.56. The number of hydrogen-bond donors (Lipinski definition) is 1. The Labute approximate surface area is 212 Å². The van der Waals surface area contributed by atoms with Crippen molar-refractivity contribution in [3.05, 3.63) is 50.6 Å². The molecule has 0 unspecified atom stereocenters. The first-order valence-electron chi connectivity index (χ1n) is 13.7. The van der Waals surface area contributed by atoms with Crippen LogP contribution in [0.2, 0.25) is 0 Å². The molecule has 1 aromatic heterocycles. The molecule has 0 spiro atoms. The van der Waals surface area contributed by atoms with E-state index in [1.807, 2.05) is 0 Å². The van der Waals surface area contributed by atoms with Gasteiger partial charge in [0.2, 0.25) is 5.43 Å². The summed E-state index contributed by atoms with van der Waals surface area (Å²) >= 11 is 0. The zero-order chi connectivity index (χ0) is 25.6. The number of aromatic nitrogens is 1. The van der Waals surface area contributed by atoms with Crippen molar-refractivity contribution in [2.75, 3.05) is 6.61 Å². The van der Waals surface area contributed by atoms with E-state index in [1.54, 1.807) is 4.57 Å². The molecule has 3 heterocycles. The Kier molecular flexibility index (Phi) is 6.73. The lowest BCUT2D eigenvalue weighted by molar-refractivity contribution is 0.0692. The van der Waals surface area contributed by atoms with Crippen LogP contribution in [0, 0.1) is 11.2 Å². The molecule has 5 nitrogen and oxygen atoms in total. The van der Waals surface area contributed by atoms with Gasteiger partial charge in [-0.25, -0.2) is 9.18 Å². The molecule has 36 heavy (non-hydrogen) atoms. The molecule has 0 bridgehead atoms. The first-order chi connectivity index (χ1) is 17.2. The lowest BCUT2D eigenvalue weighted by Crippen LogP contribution is -2.35. The van der Waals surface area contributed by atoms with Crippen LogP contribution in [0.4, 0.5) is 4.39 Å². The lowest BCUT2D eigenvalue weighted by atomic mass is 9.75. The number of rotatable bonds is 2. The van der Waals surface area contributed by atoms with Crippen LogP contribution in [-0.2, 0) is 12.8 Å². The molecule has 194 valence electrons. The number of pyridine rings is 1. The number of carboxylic acid groups (broad SMARTS) is 1. The Bertz CT molecular complexity index is 1230. The average molecular weight is 496 g/mol. The van der Waals surface area contributed by atoms with Crippen molar-refractivity contribution in [3.8, 4) is 17.0 Å². The molecular weight excluding hydrogens is 457 g/mol. The van der Waals surface area contributed by atoms with E-state index in [0.29, 0.717) is 18.9 Å². The van der Waals surface area contributed by atoms with Gasteiger partial charge in [0.1, 0.15) is 11.3 Å². The van der Waals surface area contributed by atoms with Gasteiger partial charge in [-0.15, -0.1) is 0 Å². The van der Waals surface area contributed by atoms with Crippen molar-refractivity contribution in [3.63, 3.8) is 0 Å². The largest absolute Gasteiger partial charge is 0.493 e. The molecule has 1 atom stereocenters. The molecule has 1 aliphatic carbocycles. The van der Waals surface area contributed by atoms with Crippen molar-refractivity contribution < 1.29 is 19.0 Å². The Morgan fingerprint density at radius 2 is 1.72 bits per heavy atom. The highest BCUT2D eigenvalue weighted by Gasteiger charge is 2.39. The van der Waals surface area contributed by atoms with Gasteiger partial charge in [0.05, 0.1) is 12.3 Å². The van der Waals surface area contributed by atoms with Crippen molar-refractivity contribution in [2.45, 2.75) is 103 Å². The van der Waals surface area contributed by atoms with Gasteiger partial charge in [0.25, 0.3) is 0 Å². The number of fused-ring (bicyclic) bond motifs is 5. The van der Waals surface area contributed by atoms with Crippen LogP contribution in [0.3, 0.4) is 0 Å². The summed E-state index contributed by atoms with van der Waals surface area (Å²) in [6.07, 6.45) is 13.4. The van der Waals surface area contributed by atoms with Crippen LogP contribution in [0.5, 0.6) is 5.75 Å². The molecule has 1 saturated carbocycles. The second-order valence-electron chi connectivity index (χ2n) is 12.0. The van der Waals surface area contributed by atoms with Crippen LogP contribution >= 0.6 is 0 Å². The highest BCUT2D eigenvalue weighted by Crippen LogP contribution is 2.50. The smallest absolute Gasteiger partial charge is 0.341 e. The van der Waals surface area contributed by atoms with Crippen molar-refractivity contribution >= 4 is 5.97 Å². The Hall–Kier alpha value is -2.63. The summed E-state index contributed by atoms with van der Waals surface area (Å²) in [5, 5.41) is 9.62. The highest BCUT2D eigenvalue weighted by atomic mass is 19.1. The van der Waals surface area contributed by atoms with Gasteiger partial charge in [-0.05, 0) is 66.2 Å². The van der Waals surface area contributed by atoms with E-state index in [9.17, 15) is 14.7 Å². The second kappa shape index (κ2) is 9.68. The van der Waals surface area contributed by atoms with E-state index in [2.05, 4.69) is 26.8 Å². The second-order valence-corrected chi connectivity index (χ2v) is 12.0. The maximum Gasteiger partial charge on any atom is 0.341 e. The minimum atomic E-state index is -1.39. The summed E-state index contributed by atoms with van der Waals surface area (Å²) in [6.45, 7) is 6.94. The SMILES string of the molecule is CC(C)(C)[C@@H]1Cc2c(cc(C3CCCCCCCC3)c3c2CCCO3)-c2c(F)c(=O)c(C(=O)O)cn21. The molecule has 0 amide bonds. The molecule has 0 radical (unpaired) electrons. The number of nitrogens with zero attached hydrogens (tertiary/aromatic N) is 1. The molecule has 2 aromatic rings. The first-order valence-corrected chi connectivity index (χ1v) is 13.7.